The van der Waals surface area contributed by atoms with Gasteiger partial charge in [0.2, 0.25) is 5.91 Å². The summed E-state index contributed by atoms with van der Waals surface area (Å²) in [5, 5.41) is 3.03. The lowest BCUT2D eigenvalue weighted by Crippen LogP contribution is -2.33. The van der Waals surface area contributed by atoms with Gasteiger partial charge in [0, 0.05) is 6.04 Å². The van der Waals surface area contributed by atoms with Crippen molar-refractivity contribution in [3.05, 3.63) is 12.2 Å². The molecule has 0 bridgehead atoms. The number of amides is 1. The van der Waals surface area contributed by atoms with E-state index < -0.39 is 0 Å². The van der Waals surface area contributed by atoms with E-state index in [1.807, 2.05) is 6.92 Å². The molecule has 82 valence electrons. The Morgan fingerprint density at radius 1 is 1.29 bits per heavy atom. The first-order chi connectivity index (χ1) is 6.74. The Balaban J connectivity index is 3.87. The highest BCUT2D eigenvalue weighted by Gasteiger charge is 2.08. The third-order valence-electron chi connectivity index (χ3n) is 2.21. The van der Waals surface area contributed by atoms with Gasteiger partial charge in [0.05, 0.1) is 0 Å². The molecule has 0 aromatic heterocycles. The van der Waals surface area contributed by atoms with Crippen LogP contribution in [-0.2, 0) is 4.79 Å². The maximum atomic E-state index is 11.3. The molecule has 0 aliphatic carbocycles. The first-order valence-corrected chi connectivity index (χ1v) is 5.67. The van der Waals surface area contributed by atoms with Crippen LogP contribution in [0.5, 0.6) is 0 Å². The maximum absolute atomic E-state index is 11.3. The molecule has 1 amide bonds. The molecule has 0 aromatic carbocycles. The van der Waals surface area contributed by atoms with Gasteiger partial charge in [-0.25, -0.2) is 0 Å². The van der Waals surface area contributed by atoms with Crippen LogP contribution in [0.25, 0.3) is 0 Å². The molecular weight excluding hydrogens is 174 g/mol. The van der Waals surface area contributed by atoms with E-state index in [0.29, 0.717) is 6.04 Å². The van der Waals surface area contributed by atoms with Gasteiger partial charge in [-0.3, -0.25) is 4.79 Å². The van der Waals surface area contributed by atoms with Crippen LogP contribution in [0.15, 0.2) is 12.2 Å². The zero-order valence-corrected chi connectivity index (χ0v) is 9.68. The monoisotopic (exact) mass is 197 g/mol. The van der Waals surface area contributed by atoms with Gasteiger partial charge in [0.1, 0.15) is 0 Å². The minimum absolute atomic E-state index is 0.0436. The van der Waals surface area contributed by atoms with E-state index in [9.17, 15) is 4.79 Å². The van der Waals surface area contributed by atoms with Gasteiger partial charge in [-0.1, -0.05) is 39.2 Å². The molecule has 0 saturated heterocycles. The molecule has 0 heterocycles. The average Bonchev–Trinajstić information content (AvgIpc) is 2.15. The first kappa shape index (κ1) is 13.2. The Morgan fingerprint density at radius 2 is 2.00 bits per heavy atom. The number of rotatable bonds is 7. The van der Waals surface area contributed by atoms with Crippen LogP contribution in [0.4, 0.5) is 0 Å². The van der Waals surface area contributed by atoms with Crippen molar-refractivity contribution in [1.29, 1.82) is 0 Å². The number of nitrogens with one attached hydrogen (secondary N) is 1. The molecule has 2 heteroatoms. The molecule has 0 saturated carbocycles. The zero-order valence-electron chi connectivity index (χ0n) is 9.68. The summed E-state index contributed by atoms with van der Waals surface area (Å²) in [5.74, 6) is 0.0436. The van der Waals surface area contributed by atoms with Crippen molar-refractivity contribution in [3.8, 4) is 0 Å². The Morgan fingerprint density at radius 3 is 2.50 bits per heavy atom. The Labute approximate surface area is 87.8 Å². The normalized spacial score (nSPS) is 13.1. The van der Waals surface area contributed by atoms with E-state index in [0.717, 1.165) is 19.3 Å². The van der Waals surface area contributed by atoms with Gasteiger partial charge < -0.3 is 5.32 Å². The topological polar surface area (TPSA) is 29.1 Å². The summed E-state index contributed by atoms with van der Waals surface area (Å²) >= 11 is 0. The molecule has 1 N–H and O–H groups in total. The second kappa shape index (κ2) is 8.79. The van der Waals surface area contributed by atoms with Gasteiger partial charge in [0.25, 0.3) is 0 Å². The molecule has 1 unspecified atom stereocenters. The quantitative estimate of drug-likeness (QED) is 0.624. The third-order valence-corrected chi connectivity index (χ3v) is 2.21. The highest BCUT2D eigenvalue weighted by atomic mass is 16.1. The van der Waals surface area contributed by atoms with Crippen LogP contribution in [0, 0.1) is 0 Å². The lowest BCUT2D eigenvalue weighted by Gasteiger charge is -2.16. The van der Waals surface area contributed by atoms with E-state index >= 15 is 0 Å². The molecular formula is C12H23NO. The standard InChI is InChI=1S/C12H23NO/c1-4-7-10-11(8-5-2)13-12(14)9-6-3/h6,9,11H,4-5,7-8,10H2,1-3H3,(H,13,14)/b9-6+. The van der Waals surface area contributed by atoms with Crippen molar-refractivity contribution in [2.75, 3.05) is 0 Å². The van der Waals surface area contributed by atoms with Crippen molar-refractivity contribution in [2.24, 2.45) is 0 Å². The van der Waals surface area contributed by atoms with E-state index in [-0.39, 0.29) is 5.91 Å². The van der Waals surface area contributed by atoms with Crippen molar-refractivity contribution in [1.82, 2.24) is 5.32 Å². The lowest BCUT2D eigenvalue weighted by atomic mass is 10.1. The second-order valence-corrected chi connectivity index (χ2v) is 3.64. The summed E-state index contributed by atoms with van der Waals surface area (Å²) < 4.78 is 0. The van der Waals surface area contributed by atoms with Crippen molar-refractivity contribution >= 4 is 5.91 Å². The predicted octanol–water partition coefficient (Wildman–Crippen LogP) is 3.04. The highest BCUT2D eigenvalue weighted by molar-refractivity contribution is 5.87. The highest BCUT2D eigenvalue weighted by Crippen LogP contribution is 2.06. The number of carbonyl (C=O) groups is 1. The maximum Gasteiger partial charge on any atom is 0.243 e. The molecule has 0 fully saturated rings. The lowest BCUT2D eigenvalue weighted by molar-refractivity contribution is -0.117. The van der Waals surface area contributed by atoms with Crippen LogP contribution in [0.3, 0.4) is 0 Å². The fourth-order valence-electron chi connectivity index (χ4n) is 1.49. The minimum atomic E-state index is 0.0436. The summed E-state index contributed by atoms with van der Waals surface area (Å²) in [6.07, 6.45) is 9.08. The summed E-state index contributed by atoms with van der Waals surface area (Å²) in [4.78, 5) is 11.3. The van der Waals surface area contributed by atoms with E-state index in [1.165, 1.54) is 12.8 Å². The van der Waals surface area contributed by atoms with Gasteiger partial charge in [-0.05, 0) is 25.8 Å². The smallest absolute Gasteiger partial charge is 0.243 e. The molecule has 0 aliphatic heterocycles. The summed E-state index contributed by atoms with van der Waals surface area (Å²) in [5.41, 5.74) is 0. The van der Waals surface area contributed by atoms with Crippen LogP contribution in [0.2, 0.25) is 0 Å². The SMILES string of the molecule is C/C=C/C(=O)NC(CCC)CCCC. The van der Waals surface area contributed by atoms with Gasteiger partial charge in [0.15, 0.2) is 0 Å². The van der Waals surface area contributed by atoms with Crippen molar-refractivity contribution in [2.45, 2.75) is 58.9 Å². The largest absolute Gasteiger partial charge is 0.350 e. The molecule has 0 aliphatic rings. The third kappa shape index (κ3) is 6.70. The molecule has 0 radical (unpaired) electrons. The van der Waals surface area contributed by atoms with E-state index in [1.54, 1.807) is 12.2 Å². The summed E-state index contributed by atoms with van der Waals surface area (Å²) in [6, 6.07) is 0.364. The number of unbranched alkanes of at least 4 members (excludes halogenated alkanes) is 1. The number of hydrogen-bond acceptors (Lipinski definition) is 1. The fourth-order valence-corrected chi connectivity index (χ4v) is 1.49. The van der Waals surface area contributed by atoms with Crippen LogP contribution in [0.1, 0.15) is 52.9 Å². The summed E-state index contributed by atoms with van der Waals surface area (Å²) in [7, 11) is 0. The molecule has 2 nitrogen and oxygen atoms in total. The Hall–Kier alpha value is -0.790. The molecule has 0 aromatic rings. The Kier molecular flexibility index (Phi) is 8.30. The molecule has 0 spiro atoms. The molecule has 1 atom stereocenters. The second-order valence-electron chi connectivity index (χ2n) is 3.64. The van der Waals surface area contributed by atoms with E-state index in [2.05, 4.69) is 19.2 Å². The Bertz CT molecular complexity index is 175. The van der Waals surface area contributed by atoms with E-state index in [4.69, 9.17) is 0 Å². The van der Waals surface area contributed by atoms with Gasteiger partial charge >= 0.3 is 0 Å². The predicted molar refractivity (Wildman–Crippen MR) is 61.2 cm³/mol. The number of allylic oxidation sites excluding steroid dienone is 1. The average molecular weight is 197 g/mol. The fraction of sp³-hybridized carbons (Fsp3) is 0.750. The minimum Gasteiger partial charge on any atom is -0.350 e. The first-order valence-electron chi connectivity index (χ1n) is 5.67. The van der Waals surface area contributed by atoms with Crippen LogP contribution in [-0.4, -0.2) is 11.9 Å². The van der Waals surface area contributed by atoms with Crippen LogP contribution < -0.4 is 5.32 Å². The number of carbonyl (C=O) groups excluding carboxylic acids is 1. The summed E-state index contributed by atoms with van der Waals surface area (Å²) in [6.45, 7) is 6.19. The van der Waals surface area contributed by atoms with Crippen LogP contribution >= 0.6 is 0 Å². The molecule has 0 rings (SSSR count). The van der Waals surface area contributed by atoms with Crippen molar-refractivity contribution < 1.29 is 4.79 Å². The van der Waals surface area contributed by atoms with Gasteiger partial charge in [-0.15, -0.1) is 0 Å². The molecule has 14 heavy (non-hydrogen) atoms. The van der Waals surface area contributed by atoms with Crippen molar-refractivity contribution in [3.63, 3.8) is 0 Å². The zero-order chi connectivity index (χ0) is 10.8. The van der Waals surface area contributed by atoms with Gasteiger partial charge in [-0.2, -0.15) is 0 Å². The number of hydrogen-bond donors (Lipinski definition) is 1.